The molecule has 0 unspecified atom stereocenters. The number of benzene rings is 1. The van der Waals surface area contributed by atoms with Crippen molar-refractivity contribution in [2.75, 3.05) is 20.2 Å². The zero-order valence-electron chi connectivity index (χ0n) is 16.0. The van der Waals surface area contributed by atoms with Crippen LogP contribution >= 0.6 is 0 Å². The zero-order valence-corrected chi connectivity index (χ0v) is 16.0. The number of imidazole rings is 1. The fourth-order valence-electron chi connectivity index (χ4n) is 3.85. The first kappa shape index (κ1) is 17.7. The Morgan fingerprint density at radius 1 is 1.15 bits per heavy atom. The number of ether oxygens (including phenoxy) is 1. The number of nitrogens with zero attached hydrogens (tertiary/aromatic N) is 4. The van der Waals surface area contributed by atoms with Crippen LogP contribution in [0.15, 0.2) is 54.9 Å². The summed E-state index contributed by atoms with van der Waals surface area (Å²) < 4.78 is 7.30. The van der Waals surface area contributed by atoms with E-state index < -0.39 is 0 Å². The van der Waals surface area contributed by atoms with Gasteiger partial charge in [-0.05, 0) is 56.1 Å². The largest absolute Gasteiger partial charge is 0.497 e. The van der Waals surface area contributed by atoms with E-state index in [4.69, 9.17) is 9.72 Å². The highest BCUT2D eigenvalue weighted by Gasteiger charge is 2.22. The van der Waals surface area contributed by atoms with Gasteiger partial charge in [0.25, 0.3) is 0 Å². The van der Waals surface area contributed by atoms with Gasteiger partial charge in [0.1, 0.15) is 17.4 Å². The van der Waals surface area contributed by atoms with Crippen molar-refractivity contribution >= 4 is 0 Å². The second kappa shape index (κ2) is 7.92. The number of piperidine rings is 1. The lowest BCUT2D eigenvalue weighted by Gasteiger charge is -2.32. The van der Waals surface area contributed by atoms with E-state index >= 15 is 0 Å². The zero-order chi connectivity index (χ0) is 18.6. The van der Waals surface area contributed by atoms with Gasteiger partial charge >= 0.3 is 0 Å². The maximum Gasteiger partial charge on any atom is 0.138 e. The molecule has 0 amide bonds. The summed E-state index contributed by atoms with van der Waals surface area (Å²) in [6.45, 7) is 5.17. The van der Waals surface area contributed by atoms with Crippen molar-refractivity contribution in [3.8, 4) is 11.6 Å². The molecule has 1 aliphatic rings. The van der Waals surface area contributed by atoms with E-state index in [2.05, 4.69) is 40.2 Å². The van der Waals surface area contributed by atoms with Crippen LogP contribution in [0.25, 0.3) is 5.82 Å². The number of aromatic nitrogens is 3. The van der Waals surface area contributed by atoms with E-state index in [1.807, 2.05) is 36.0 Å². The van der Waals surface area contributed by atoms with E-state index in [1.165, 1.54) is 24.1 Å². The summed E-state index contributed by atoms with van der Waals surface area (Å²) >= 11 is 0. The molecule has 0 saturated carbocycles. The molecule has 1 aliphatic heterocycles. The highest BCUT2D eigenvalue weighted by molar-refractivity contribution is 5.29. The van der Waals surface area contributed by atoms with Gasteiger partial charge in [-0.3, -0.25) is 9.47 Å². The number of likely N-dealkylation sites (tertiary alicyclic amines) is 1. The van der Waals surface area contributed by atoms with Gasteiger partial charge in [0.05, 0.1) is 7.11 Å². The first-order valence-corrected chi connectivity index (χ1v) is 9.55. The van der Waals surface area contributed by atoms with Crippen LogP contribution < -0.4 is 4.74 Å². The van der Waals surface area contributed by atoms with Crippen LogP contribution in [-0.4, -0.2) is 39.6 Å². The quantitative estimate of drug-likeness (QED) is 0.689. The lowest BCUT2D eigenvalue weighted by atomic mass is 9.94. The van der Waals surface area contributed by atoms with Gasteiger partial charge in [-0.25, -0.2) is 9.97 Å². The predicted octanol–water partition coefficient (Wildman–Crippen LogP) is 3.96. The highest BCUT2D eigenvalue weighted by atomic mass is 16.5. The fourth-order valence-corrected chi connectivity index (χ4v) is 3.85. The molecule has 27 heavy (non-hydrogen) atoms. The number of hydrogen-bond donors (Lipinski definition) is 0. The summed E-state index contributed by atoms with van der Waals surface area (Å²) in [7, 11) is 1.71. The van der Waals surface area contributed by atoms with Gasteiger partial charge in [0.2, 0.25) is 0 Å². The van der Waals surface area contributed by atoms with E-state index in [0.29, 0.717) is 5.92 Å². The molecule has 140 valence electrons. The molecule has 1 fully saturated rings. The standard InChI is InChI=1S/C22H26N4O/c1-17-23-12-14-26(17)22-7-3-6-21(24-22)19-5-4-13-25(16-19)15-18-8-10-20(27-2)11-9-18/h3,6-12,14,19H,4-5,13,15-16H2,1-2H3/t19-/m1/s1. The van der Waals surface area contributed by atoms with Crippen molar-refractivity contribution in [2.45, 2.75) is 32.2 Å². The smallest absolute Gasteiger partial charge is 0.138 e. The molecule has 1 saturated heterocycles. The number of methoxy groups -OCH3 is 1. The molecule has 4 rings (SSSR count). The Hall–Kier alpha value is -2.66. The molecule has 5 nitrogen and oxygen atoms in total. The van der Waals surface area contributed by atoms with Crippen LogP contribution in [0.2, 0.25) is 0 Å². The third kappa shape index (κ3) is 4.03. The predicted molar refractivity (Wildman–Crippen MR) is 106 cm³/mol. The Labute approximate surface area is 160 Å². The highest BCUT2D eigenvalue weighted by Crippen LogP contribution is 2.27. The summed E-state index contributed by atoms with van der Waals surface area (Å²) in [5, 5.41) is 0. The van der Waals surface area contributed by atoms with E-state index in [9.17, 15) is 0 Å². The summed E-state index contributed by atoms with van der Waals surface area (Å²) in [6.07, 6.45) is 6.19. The molecule has 3 heterocycles. The molecule has 3 aromatic rings. The van der Waals surface area contributed by atoms with Crippen molar-refractivity contribution in [3.05, 3.63) is 71.9 Å². The number of rotatable bonds is 5. The Balaban J connectivity index is 1.47. The van der Waals surface area contributed by atoms with Gasteiger partial charge < -0.3 is 4.74 Å². The van der Waals surface area contributed by atoms with Gasteiger partial charge in [-0.15, -0.1) is 0 Å². The minimum atomic E-state index is 0.473. The summed E-state index contributed by atoms with van der Waals surface area (Å²) in [4.78, 5) is 11.8. The second-order valence-electron chi connectivity index (χ2n) is 7.19. The molecule has 2 aromatic heterocycles. The van der Waals surface area contributed by atoms with E-state index in [0.717, 1.165) is 37.0 Å². The van der Waals surface area contributed by atoms with E-state index in [1.54, 1.807) is 7.11 Å². The van der Waals surface area contributed by atoms with Crippen molar-refractivity contribution in [2.24, 2.45) is 0 Å². The number of hydrogen-bond acceptors (Lipinski definition) is 4. The Bertz CT molecular complexity index is 887. The molecular weight excluding hydrogens is 336 g/mol. The minimum Gasteiger partial charge on any atom is -0.497 e. The van der Waals surface area contributed by atoms with Gasteiger partial charge in [-0.1, -0.05) is 18.2 Å². The van der Waals surface area contributed by atoms with Crippen molar-refractivity contribution in [1.82, 2.24) is 19.4 Å². The molecule has 1 atom stereocenters. The lowest BCUT2D eigenvalue weighted by molar-refractivity contribution is 0.198. The van der Waals surface area contributed by atoms with Crippen LogP contribution in [0.4, 0.5) is 0 Å². The molecular formula is C22H26N4O. The number of aryl methyl sites for hydroxylation is 1. The van der Waals surface area contributed by atoms with Crippen LogP contribution in [0.5, 0.6) is 5.75 Å². The Morgan fingerprint density at radius 3 is 2.74 bits per heavy atom. The summed E-state index contributed by atoms with van der Waals surface area (Å²) in [5.41, 5.74) is 2.51. The lowest BCUT2D eigenvalue weighted by Crippen LogP contribution is -2.34. The van der Waals surface area contributed by atoms with Gasteiger partial charge in [0, 0.05) is 37.1 Å². The molecule has 0 aliphatic carbocycles. The Morgan fingerprint density at radius 2 is 2.00 bits per heavy atom. The Kier molecular flexibility index (Phi) is 5.21. The van der Waals surface area contributed by atoms with Crippen LogP contribution in [0, 0.1) is 6.92 Å². The molecule has 5 heteroatoms. The molecule has 0 radical (unpaired) electrons. The summed E-state index contributed by atoms with van der Waals surface area (Å²) in [6, 6.07) is 14.7. The normalized spacial score (nSPS) is 17.8. The first-order chi connectivity index (χ1) is 13.2. The maximum atomic E-state index is 5.26. The monoisotopic (exact) mass is 362 g/mol. The van der Waals surface area contributed by atoms with Crippen molar-refractivity contribution in [1.29, 1.82) is 0 Å². The SMILES string of the molecule is COc1ccc(CN2CCC[C@@H](c3cccc(-n4ccnc4C)n3)C2)cc1. The average molecular weight is 362 g/mol. The minimum absolute atomic E-state index is 0.473. The molecule has 0 bridgehead atoms. The summed E-state index contributed by atoms with van der Waals surface area (Å²) in [5.74, 6) is 3.30. The first-order valence-electron chi connectivity index (χ1n) is 9.55. The maximum absolute atomic E-state index is 5.26. The van der Waals surface area contributed by atoms with Crippen LogP contribution in [0.1, 0.15) is 35.8 Å². The molecule has 0 N–H and O–H groups in total. The number of pyridine rings is 1. The topological polar surface area (TPSA) is 43.2 Å². The molecule has 1 aromatic carbocycles. The van der Waals surface area contributed by atoms with Crippen LogP contribution in [0.3, 0.4) is 0 Å². The van der Waals surface area contributed by atoms with Crippen molar-refractivity contribution < 1.29 is 4.74 Å². The van der Waals surface area contributed by atoms with Gasteiger partial charge in [0.15, 0.2) is 0 Å². The third-order valence-corrected chi connectivity index (χ3v) is 5.32. The average Bonchev–Trinajstić information content (AvgIpc) is 3.15. The third-order valence-electron chi connectivity index (χ3n) is 5.32. The molecule has 0 spiro atoms. The van der Waals surface area contributed by atoms with Gasteiger partial charge in [-0.2, -0.15) is 0 Å². The fraction of sp³-hybridized carbons (Fsp3) is 0.364. The van der Waals surface area contributed by atoms with Crippen LogP contribution in [-0.2, 0) is 6.54 Å². The van der Waals surface area contributed by atoms with E-state index in [-0.39, 0.29) is 0 Å². The van der Waals surface area contributed by atoms with Crippen molar-refractivity contribution in [3.63, 3.8) is 0 Å². The second-order valence-corrected chi connectivity index (χ2v) is 7.19.